The zero-order valence-corrected chi connectivity index (χ0v) is 30.0. The van der Waals surface area contributed by atoms with Crippen molar-refractivity contribution in [1.82, 2.24) is 0 Å². The first-order valence-electron chi connectivity index (χ1n) is 18.5. The molecule has 0 radical (unpaired) electrons. The summed E-state index contributed by atoms with van der Waals surface area (Å²) in [5.41, 5.74) is 0. The van der Waals surface area contributed by atoms with Crippen LogP contribution in [0.3, 0.4) is 0 Å². The third-order valence-electron chi connectivity index (χ3n) is 7.26. The Bertz CT molecular complexity index is 643. The van der Waals surface area contributed by atoms with Gasteiger partial charge in [0.15, 0.2) is 0 Å². The van der Waals surface area contributed by atoms with Gasteiger partial charge < -0.3 is 42.6 Å². The maximum atomic E-state index is 11.9. The van der Waals surface area contributed by atoms with Crippen molar-refractivity contribution in [2.75, 3.05) is 112 Å². The molecule has 0 aromatic rings. The van der Waals surface area contributed by atoms with Crippen LogP contribution < -0.4 is 0 Å². The first-order valence-corrected chi connectivity index (χ1v) is 18.5. The Kier molecular flexibility index (Phi) is 41.6. The normalized spacial score (nSPS) is 11.2. The van der Waals surface area contributed by atoms with Crippen molar-refractivity contribution >= 4 is 5.97 Å². The number of esters is 1. The van der Waals surface area contributed by atoms with E-state index in [1.165, 1.54) is 83.5 Å². The highest BCUT2D eigenvalue weighted by atomic mass is 16.6. The van der Waals surface area contributed by atoms with Crippen molar-refractivity contribution in [1.29, 1.82) is 0 Å². The summed E-state index contributed by atoms with van der Waals surface area (Å²) in [6, 6.07) is 0. The van der Waals surface area contributed by atoms with Gasteiger partial charge in [0.2, 0.25) is 0 Å². The summed E-state index contributed by atoms with van der Waals surface area (Å²) in [5.74, 6) is 2.27. The standard InChI is InChI=1S/C37H70O10/c1-3-5-6-7-8-9-10-11-12-13-14-15-16-17-18-19-37(38)47-36-35-46-34-33-45-32-31-44-30-29-43-28-27-42-26-25-41-24-23-40-22-21-39-20-4-2/h2H,3,5-36H2,1H3. The fraction of sp³-hybridized carbons (Fsp3) is 0.919. The monoisotopic (exact) mass is 674 g/mol. The minimum absolute atomic E-state index is 0.129. The zero-order valence-electron chi connectivity index (χ0n) is 30.0. The largest absolute Gasteiger partial charge is 0.463 e. The zero-order chi connectivity index (χ0) is 34.0. The second-order valence-corrected chi connectivity index (χ2v) is 11.5. The smallest absolute Gasteiger partial charge is 0.305 e. The molecule has 10 nitrogen and oxygen atoms in total. The van der Waals surface area contributed by atoms with Crippen LogP contribution in [-0.4, -0.2) is 118 Å². The fourth-order valence-corrected chi connectivity index (χ4v) is 4.60. The second-order valence-electron chi connectivity index (χ2n) is 11.5. The van der Waals surface area contributed by atoms with E-state index < -0.39 is 0 Å². The van der Waals surface area contributed by atoms with Crippen LogP contribution in [0.25, 0.3) is 0 Å². The molecule has 0 aromatic heterocycles. The summed E-state index contributed by atoms with van der Waals surface area (Å²) in [7, 11) is 0. The number of terminal acetylenes is 1. The summed E-state index contributed by atoms with van der Waals surface area (Å²) in [6.45, 7) is 10.2. The molecule has 0 aliphatic heterocycles. The van der Waals surface area contributed by atoms with E-state index >= 15 is 0 Å². The van der Waals surface area contributed by atoms with Gasteiger partial charge in [-0.25, -0.2) is 0 Å². The molecule has 47 heavy (non-hydrogen) atoms. The summed E-state index contributed by atoms with van der Waals surface area (Å²) < 4.78 is 48.4. The van der Waals surface area contributed by atoms with Crippen LogP contribution in [0.1, 0.15) is 110 Å². The van der Waals surface area contributed by atoms with Gasteiger partial charge in [0.05, 0.1) is 99.1 Å². The molecule has 0 spiro atoms. The Labute approximate surface area is 287 Å². The van der Waals surface area contributed by atoms with Crippen LogP contribution in [-0.2, 0) is 47.4 Å². The maximum absolute atomic E-state index is 11.9. The number of hydrogen-bond donors (Lipinski definition) is 0. The molecular weight excluding hydrogens is 604 g/mol. The van der Waals surface area contributed by atoms with Gasteiger partial charge in [-0.15, -0.1) is 6.42 Å². The molecule has 0 rings (SSSR count). The quantitative estimate of drug-likeness (QED) is 0.0403. The van der Waals surface area contributed by atoms with Crippen molar-refractivity contribution in [2.24, 2.45) is 0 Å². The van der Waals surface area contributed by atoms with Crippen LogP contribution in [0.2, 0.25) is 0 Å². The average molecular weight is 675 g/mol. The topological polar surface area (TPSA) is 100 Å². The molecule has 0 unspecified atom stereocenters. The van der Waals surface area contributed by atoms with Gasteiger partial charge >= 0.3 is 5.97 Å². The number of carbonyl (C=O) groups is 1. The summed E-state index contributed by atoms with van der Waals surface area (Å²) in [4.78, 5) is 11.9. The highest BCUT2D eigenvalue weighted by molar-refractivity contribution is 5.69. The predicted molar refractivity (Wildman–Crippen MR) is 186 cm³/mol. The molecule has 0 saturated heterocycles. The number of rotatable bonds is 41. The molecule has 10 heteroatoms. The molecule has 0 fully saturated rings. The molecule has 0 atom stereocenters. The van der Waals surface area contributed by atoms with Gasteiger partial charge in [-0.1, -0.05) is 103 Å². The van der Waals surface area contributed by atoms with E-state index in [4.69, 9.17) is 49.1 Å². The Balaban J connectivity index is 3.13. The molecule has 0 amide bonds. The van der Waals surface area contributed by atoms with E-state index in [0.29, 0.717) is 119 Å². The van der Waals surface area contributed by atoms with E-state index in [-0.39, 0.29) is 5.97 Å². The average Bonchev–Trinajstić information content (AvgIpc) is 3.08. The van der Waals surface area contributed by atoms with Gasteiger partial charge in [-0.05, 0) is 6.42 Å². The fourth-order valence-electron chi connectivity index (χ4n) is 4.60. The highest BCUT2D eigenvalue weighted by Gasteiger charge is 2.03. The number of carbonyl (C=O) groups excluding carboxylic acids is 1. The van der Waals surface area contributed by atoms with Crippen molar-refractivity contribution in [3.05, 3.63) is 0 Å². The van der Waals surface area contributed by atoms with Crippen molar-refractivity contribution < 1.29 is 47.4 Å². The Hall–Kier alpha value is -1.29. The lowest BCUT2D eigenvalue weighted by Crippen LogP contribution is -2.15. The summed E-state index contributed by atoms with van der Waals surface area (Å²) in [6.07, 6.45) is 25.3. The third-order valence-corrected chi connectivity index (χ3v) is 7.26. The van der Waals surface area contributed by atoms with Crippen molar-refractivity contribution in [3.8, 4) is 12.3 Å². The minimum atomic E-state index is -0.129. The first-order chi connectivity index (χ1) is 23.3. The minimum Gasteiger partial charge on any atom is -0.463 e. The van der Waals surface area contributed by atoms with Crippen molar-refractivity contribution in [3.63, 3.8) is 0 Å². The number of unbranched alkanes of at least 4 members (excludes halogenated alkanes) is 14. The van der Waals surface area contributed by atoms with Crippen LogP contribution in [0, 0.1) is 12.3 Å². The Morgan fingerprint density at radius 1 is 0.404 bits per heavy atom. The molecule has 0 aromatic carbocycles. The SMILES string of the molecule is C#CCOCCOCCOCCOCCOCCOCCOCCOCCOC(=O)CCCCCCCCCCCCCCCCC. The molecule has 278 valence electrons. The molecule has 0 heterocycles. The number of ether oxygens (including phenoxy) is 9. The van der Waals surface area contributed by atoms with Gasteiger partial charge in [-0.2, -0.15) is 0 Å². The van der Waals surface area contributed by atoms with Crippen molar-refractivity contribution in [2.45, 2.75) is 110 Å². The van der Waals surface area contributed by atoms with Crippen LogP contribution in [0.4, 0.5) is 0 Å². The van der Waals surface area contributed by atoms with Crippen LogP contribution in [0.15, 0.2) is 0 Å². The Morgan fingerprint density at radius 2 is 0.681 bits per heavy atom. The first kappa shape index (κ1) is 45.7. The van der Waals surface area contributed by atoms with E-state index in [2.05, 4.69) is 12.8 Å². The predicted octanol–water partition coefficient (Wildman–Crippen LogP) is 6.56. The molecule has 0 aliphatic carbocycles. The van der Waals surface area contributed by atoms with Crippen LogP contribution >= 0.6 is 0 Å². The van der Waals surface area contributed by atoms with Crippen LogP contribution in [0.5, 0.6) is 0 Å². The molecule has 0 aliphatic rings. The summed E-state index contributed by atoms with van der Waals surface area (Å²) in [5, 5.41) is 0. The van der Waals surface area contributed by atoms with Gasteiger partial charge in [0, 0.05) is 6.42 Å². The van der Waals surface area contributed by atoms with Gasteiger partial charge in [-0.3, -0.25) is 4.79 Å². The lowest BCUT2D eigenvalue weighted by Gasteiger charge is -2.09. The van der Waals surface area contributed by atoms with Gasteiger partial charge in [0.25, 0.3) is 0 Å². The number of hydrogen-bond acceptors (Lipinski definition) is 10. The lowest BCUT2D eigenvalue weighted by atomic mass is 10.0. The van der Waals surface area contributed by atoms with E-state index in [1.807, 2.05) is 0 Å². The Morgan fingerprint density at radius 3 is 1.00 bits per heavy atom. The molecule has 0 bridgehead atoms. The third kappa shape index (κ3) is 42.7. The van der Waals surface area contributed by atoms with E-state index in [1.54, 1.807) is 0 Å². The highest BCUT2D eigenvalue weighted by Crippen LogP contribution is 2.13. The molecular formula is C37H70O10. The molecule has 0 saturated carbocycles. The molecule has 0 N–H and O–H groups in total. The van der Waals surface area contributed by atoms with E-state index in [0.717, 1.165) is 12.8 Å². The second kappa shape index (κ2) is 42.7. The summed E-state index contributed by atoms with van der Waals surface area (Å²) >= 11 is 0. The maximum Gasteiger partial charge on any atom is 0.305 e. The van der Waals surface area contributed by atoms with Gasteiger partial charge in [0.1, 0.15) is 13.2 Å². The van der Waals surface area contributed by atoms with E-state index in [9.17, 15) is 4.79 Å². The lowest BCUT2D eigenvalue weighted by molar-refractivity contribution is -0.145.